The number of nitrogens with two attached hydrogens (primary N) is 3. The van der Waals surface area contributed by atoms with E-state index in [1.165, 1.54) is 0 Å². The van der Waals surface area contributed by atoms with Crippen molar-refractivity contribution < 1.29 is 9.90 Å². The lowest BCUT2D eigenvalue weighted by Gasteiger charge is -2.05. The fourth-order valence-corrected chi connectivity index (χ4v) is 0.672. The third-order valence-corrected chi connectivity index (χ3v) is 1.33. The zero-order valence-electron chi connectivity index (χ0n) is 7.23. The number of carboxylic acid groups (broad SMARTS) is 1. The predicted molar refractivity (Wildman–Crippen MR) is 48.7 cm³/mol. The van der Waals surface area contributed by atoms with Gasteiger partial charge < -0.3 is 27.7 Å². The zero-order valence-corrected chi connectivity index (χ0v) is 7.23. The van der Waals surface area contributed by atoms with E-state index in [1.54, 1.807) is 0 Å². The highest BCUT2D eigenvalue weighted by Gasteiger charge is 2.09. The Kier molecular flexibility index (Phi) is 5.37. The second-order valence-electron chi connectivity index (χ2n) is 2.53. The van der Waals surface area contributed by atoms with Gasteiger partial charge in [-0.15, -0.1) is 5.10 Å². The van der Waals surface area contributed by atoms with Crippen LogP contribution in [-0.2, 0) is 4.79 Å². The smallest absolute Gasteiger partial charge is 0.320 e. The largest absolute Gasteiger partial charge is 0.480 e. The number of nitrogens with zero attached hydrogens (tertiary/aromatic N) is 1. The number of hydrogen-bond donors (Lipinski definition) is 5. The van der Waals surface area contributed by atoms with Crippen LogP contribution in [0.4, 0.5) is 0 Å². The van der Waals surface area contributed by atoms with Crippen LogP contribution in [0.2, 0.25) is 0 Å². The van der Waals surface area contributed by atoms with Crippen molar-refractivity contribution in [1.82, 2.24) is 5.43 Å². The van der Waals surface area contributed by atoms with Crippen LogP contribution in [0.15, 0.2) is 5.10 Å². The molecule has 0 aliphatic carbocycles. The van der Waals surface area contributed by atoms with Crippen molar-refractivity contribution in [2.75, 3.05) is 6.54 Å². The molecule has 7 heteroatoms. The van der Waals surface area contributed by atoms with Gasteiger partial charge in [-0.25, -0.2) is 0 Å². The molecule has 0 bridgehead atoms. The third kappa shape index (κ3) is 6.88. The normalized spacial score (nSPS) is 11.8. The Hall–Kier alpha value is -1.50. The predicted octanol–water partition coefficient (Wildman–Crippen LogP) is -2.04. The Labute approximate surface area is 76.0 Å². The summed E-state index contributed by atoms with van der Waals surface area (Å²) < 4.78 is 0. The number of guanidine groups is 1. The summed E-state index contributed by atoms with van der Waals surface area (Å²) in [6.07, 6.45) is 0.993. The fraction of sp³-hybridized carbons (Fsp3) is 0.667. The first kappa shape index (κ1) is 11.5. The first-order chi connectivity index (χ1) is 6.04. The third-order valence-electron chi connectivity index (χ3n) is 1.33. The summed E-state index contributed by atoms with van der Waals surface area (Å²) in [5.41, 5.74) is 17.9. The Morgan fingerprint density at radius 3 is 2.62 bits per heavy atom. The first-order valence-electron chi connectivity index (χ1n) is 3.84. The van der Waals surface area contributed by atoms with E-state index < -0.39 is 12.0 Å². The number of aliphatic carboxylic acids is 1. The maximum absolute atomic E-state index is 10.3. The van der Waals surface area contributed by atoms with E-state index in [1.807, 2.05) is 0 Å². The van der Waals surface area contributed by atoms with Gasteiger partial charge in [0, 0.05) is 6.54 Å². The highest BCUT2D eigenvalue weighted by atomic mass is 16.4. The molecule has 0 saturated carbocycles. The molecule has 0 aromatic rings. The van der Waals surface area contributed by atoms with Crippen LogP contribution < -0.4 is 22.6 Å². The van der Waals surface area contributed by atoms with Crippen LogP contribution in [0.1, 0.15) is 12.8 Å². The summed E-state index contributed by atoms with van der Waals surface area (Å²) in [5.74, 6) is -1.05. The monoisotopic (exact) mass is 189 g/mol. The Morgan fingerprint density at radius 1 is 1.54 bits per heavy atom. The summed E-state index contributed by atoms with van der Waals surface area (Å²) >= 11 is 0. The molecule has 0 fully saturated rings. The SMILES string of the molecule is NC(N)=NNCCCC(N)C(=O)O. The van der Waals surface area contributed by atoms with Crippen molar-refractivity contribution in [1.29, 1.82) is 0 Å². The number of hydrogen-bond acceptors (Lipinski definition) is 4. The van der Waals surface area contributed by atoms with Crippen LogP contribution in [0.25, 0.3) is 0 Å². The summed E-state index contributed by atoms with van der Waals surface area (Å²) in [6, 6.07) is -0.819. The standard InChI is InChI=1S/C6H15N5O2/c7-4(5(12)13)2-1-3-10-11-6(8)9/h4,10H,1-3,7H2,(H,12,13)(H4,8,9,11). The first-order valence-corrected chi connectivity index (χ1v) is 3.84. The molecular formula is C6H15N5O2. The number of rotatable bonds is 6. The maximum atomic E-state index is 10.3. The zero-order chi connectivity index (χ0) is 10.3. The molecule has 8 N–H and O–H groups in total. The van der Waals surface area contributed by atoms with Gasteiger partial charge in [-0.05, 0) is 12.8 Å². The average Bonchev–Trinajstić information content (AvgIpc) is 2.02. The molecule has 0 radical (unpaired) electrons. The van der Waals surface area contributed by atoms with Crippen LogP contribution >= 0.6 is 0 Å². The molecule has 0 spiro atoms. The number of nitrogens with one attached hydrogen (secondary N) is 1. The van der Waals surface area contributed by atoms with Gasteiger partial charge in [0.15, 0.2) is 0 Å². The molecule has 0 amide bonds. The van der Waals surface area contributed by atoms with Gasteiger partial charge in [0.25, 0.3) is 0 Å². The highest BCUT2D eigenvalue weighted by molar-refractivity contribution is 5.75. The molecule has 7 nitrogen and oxygen atoms in total. The number of carboxylic acids is 1. The van der Waals surface area contributed by atoms with E-state index in [4.69, 9.17) is 22.3 Å². The van der Waals surface area contributed by atoms with E-state index in [9.17, 15) is 4.79 Å². The minimum atomic E-state index is -0.998. The Balaban J connectivity index is 3.36. The quantitative estimate of drug-likeness (QED) is 0.141. The molecule has 0 heterocycles. The van der Waals surface area contributed by atoms with Crippen molar-refractivity contribution in [3.05, 3.63) is 0 Å². The highest BCUT2D eigenvalue weighted by Crippen LogP contribution is 1.92. The molecule has 13 heavy (non-hydrogen) atoms. The lowest BCUT2D eigenvalue weighted by atomic mass is 10.2. The molecule has 0 aromatic heterocycles. The van der Waals surface area contributed by atoms with E-state index in [0.717, 1.165) is 0 Å². The fourth-order valence-electron chi connectivity index (χ4n) is 0.672. The second-order valence-corrected chi connectivity index (χ2v) is 2.53. The number of hydrazone groups is 1. The maximum Gasteiger partial charge on any atom is 0.320 e. The van der Waals surface area contributed by atoms with E-state index >= 15 is 0 Å². The molecule has 0 aliphatic rings. The van der Waals surface area contributed by atoms with E-state index in [2.05, 4.69) is 10.5 Å². The van der Waals surface area contributed by atoms with Crippen LogP contribution in [0, 0.1) is 0 Å². The van der Waals surface area contributed by atoms with Gasteiger partial charge in [-0.1, -0.05) is 0 Å². The summed E-state index contributed by atoms with van der Waals surface area (Å²) in [4.78, 5) is 10.3. The summed E-state index contributed by atoms with van der Waals surface area (Å²) in [7, 11) is 0. The van der Waals surface area contributed by atoms with E-state index in [0.29, 0.717) is 19.4 Å². The van der Waals surface area contributed by atoms with Gasteiger partial charge >= 0.3 is 5.97 Å². The molecule has 0 aliphatic heterocycles. The molecule has 76 valence electrons. The van der Waals surface area contributed by atoms with Gasteiger partial charge in [0.1, 0.15) is 6.04 Å². The molecular weight excluding hydrogens is 174 g/mol. The summed E-state index contributed by atoms with van der Waals surface area (Å²) in [6.45, 7) is 0.499. The molecule has 0 rings (SSSR count). The van der Waals surface area contributed by atoms with Gasteiger partial charge in [0.2, 0.25) is 5.96 Å². The van der Waals surface area contributed by atoms with Crippen LogP contribution in [0.5, 0.6) is 0 Å². The minimum absolute atomic E-state index is 0.0532. The average molecular weight is 189 g/mol. The minimum Gasteiger partial charge on any atom is -0.480 e. The van der Waals surface area contributed by atoms with Gasteiger partial charge in [0.05, 0.1) is 0 Å². The van der Waals surface area contributed by atoms with Crippen molar-refractivity contribution in [2.45, 2.75) is 18.9 Å². The van der Waals surface area contributed by atoms with Crippen molar-refractivity contribution in [3.63, 3.8) is 0 Å². The second kappa shape index (κ2) is 6.06. The van der Waals surface area contributed by atoms with Gasteiger partial charge in [-0.3, -0.25) is 4.79 Å². The molecule has 1 atom stereocenters. The van der Waals surface area contributed by atoms with Crippen molar-refractivity contribution in [2.24, 2.45) is 22.3 Å². The van der Waals surface area contributed by atoms with Crippen LogP contribution in [-0.4, -0.2) is 29.6 Å². The van der Waals surface area contributed by atoms with Gasteiger partial charge in [-0.2, -0.15) is 0 Å². The summed E-state index contributed by atoms with van der Waals surface area (Å²) in [5, 5.41) is 11.9. The molecule has 0 aromatic carbocycles. The molecule has 0 saturated heterocycles. The molecule has 1 unspecified atom stereocenters. The Morgan fingerprint density at radius 2 is 2.15 bits per heavy atom. The van der Waals surface area contributed by atoms with Crippen LogP contribution in [0.3, 0.4) is 0 Å². The van der Waals surface area contributed by atoms with Crippen molar-refractivity contribution >= 4 is 11.9 Å². The lowest BCUT2D eigenvalue weighted by molar-refractivity contribution is -0.138. The van der Waals surface area contributed by atoms with Crippen molar-refractivity contribution in [3.8, 4) is 0 Å². The Bertz CT molecular complexity index is 189. The van der Waals surface area contributed by atoms with E-state index in [-0.39, 0.29) is 5.96 Å². The lowest BCUT2D eigenvalue weighted by Crippen LogP contribution is -2.31. The number of carbonyl (C=O) groups is 1. The topological polar surface area (TPSA) is 140 Å².